The SMILES string of the molecule is CC(N)C(c1ccncc1)N(C)CC1CCOCC1. The first-order valence-corrected chi connectivity index (χ1v) is 7.12. The molecule has 2 heterocycles. The Morgan fingerprint density at radius 3 is 2.58 bits per heavy atom. The van der Waals surface area contributed by atoms with E-state index in [1.807, 2.05) is 12.4 Å². The second-order valence-electron chi connectivity index (χ2n) is 5.58. The minimum Gasteiger partial charge on any atom is -0.381 e. The van der Waals surface area contributed by atoms with Crippen LogP contribution in [0.3, 0.4) is 0 Å². The van der Waals surface area contributed by atoms with Crippen molar-refractivity contribution in [1.82, 2.24) is 9.88 Å². The third kappa shape index (κ3) is 4.00. The Bertz CT molecular complexity index is 363. The molecule has 0 bridgehead atoms. The molecule has 1 aromatic heterocycles. The van der Waals surface area contributed by atoms with Crippen LogP contribution in [0.25, 0.3) is 0 Å². The van der Waals surface area contributed by atoms with Gasteiger partial charge in [0.05, 0.1) is 0 Å². The van der Waals surface area contributed by atoms with Crippen molar-refractivity contribution >= 4 is 0 Å². The van der Waals surface area contributed by atoms with Crippen LogP contribution in [0, 0.1) is 5.92 Å². The summed E-state index contributed by atoms with van der Waals surface area (Å²) in [4.78, 5) is 6.47. The topological polar surface area (TPSA) is 51.4 Å². The molecule has 4 nitrogen and oxygen atoms in total. The molecule has 0 amide bonds. The number of nitrogens with zero attached hydrogens (tertiary/aromatic N) is 2. The molecule has 1 aliphatic rings. The normalized spacial score (nSPS) is 20.4. The van der Waals surface area contributed by atoms with Crippen molar-refractivity contribution in [2.75, 3.05) is 26.8 Å². The smallest absolute Gasteiger partial charge is 0.0494 e. The van der Waals surface area contributed by atoms with Gasteiger partial charge in [-0.1, -0.05) is 0 Å². The van der Waals surface area contributed by atoms with E-state index < -0.39 is 0 Å². The number of hydrogen-bond acceptors (Lipinski definition) is 4. The van der Waals surface area contributed by atoms with Crippen LogP contribution in [0.2, 0.25) is 0 Å². The van der Waals surface area contributed by atoms with Crippen molar-refractivity contribution in [3.8, 4) is 0 Å². The van der Waals surface area contributed by atoms with E-state index in [0.717, 1.165) is 38.5 Å². The van der Waals surface area contributed by atoms with Gasteiger partial charge in [-0.3, -0.25) is 9.88 Å². The number of pyridine rings is 1. The predicted octanol–water partition coefficient (Wildman–Crippen LogP) is 1.83. The Morgan fingerprint density at radius 2 is 2.00 bits per heavy atom. The Balaban J connectivity index is 2.02. The van der Waals surface area contributed by atoms with Crippen LogP contribution < -0.4 is 5.73 Å². The van der Waals surface area contributed by atoms with Crippen molar-refractivity contribution in [2.45, 2.75) is 31.8 Å². The highest BCUT2D eigenvalue weighted by Crippen LogP contribution is 2.25. The standard InChI is InChI=1S/C15H25N3O/c1-12(16)15(14-3-7-17-8-4-14)18(2)11-13-5-9-19-10-6-13/h3-4,7-8,12-13,15H,5-6,9-11,16H2,1-2H3. The van der Waals surface area contributed by atoms with E-state index in [4.69, 9.17) is 10.5 Å². The summed E-state index contributed by atoms with van der Waals surface area (Å²) in [6.07, 6.45) is 6.00. The van der Waals surface area contributed by atoms with E-state index in [-0.39, 0.29) is 12.1 Å². The summed E-state index contributed by atoms with van der Waals surface area (Å²) in [5.41, 5.74) is 7.44. The fourth-order valence-electron chi connectivity index (χ4n) is 2.97. The zero-order chi connectivity index (χ0) is 13.7. The molecule has 19 heavy (non-hydrogen) atoms. The summed E-state index contributed by atoms with van der Waals surface area (Å²) in [5.74, 6) is 0.724. The van der Waals surface area contributed by atoms with Crippen LogP contribution in [0.4, 0.5) is 0 Å². The number of aromatic nitrogens is 1. The van der Waals surface area contributed by atoms with Gasteiger partial charge in [0, 0.05) is 44.2 Å². The van der Waals surface area contributed by atoms with Crippen LogP contribution in [-0.2, 0) is 4.74 Å². The molecule has 0 radical (unpaired) electrons. The Hall–Kier alpha value is -0.970. The average Bonchev–Trinajstić information content (AvgIpc) is 2.40. The van der Waals surface area contributed by atoms with Gasteiger partial charge in [0.15, 0.2) is 0 Å². The summed E-state index contributed by atoms with van der Waals surface area (Å²) < 4.78 is 5.42. The summed E-state index contributed by atoms with van der Waals surface area (Å²) in [7, 11) is 2.17. The molecule has 1 aromatic rings. The van der Waals surface area contributed by atoms with Gasteiger partial charge < -0.3 is 10.5 Å². The highest BCUT2D eigenvalue weighted by molar-refractivity contribution is 5.17. The van der Waals surface area contributed by atoms with Crippen LogP contribution in [-0.4, -0.2) is 42.7 Å². The Kier molecular flexibility index (Phi) is 5.31. The molecule has 0 aromatic carbocycles. The van der Waals surface area contributed by atoms with Crippen LogP contribution in [0.1, 0.15) is 31.4 Å². The first-order valence-electron chi connectivity index (χ1n) is 7.12. The van der Waals surface area contributed by atoms with Gasteiger partial charge in [-0.25, -0.2) is 0 Å². The summed E-state index contributed by atoms with van der Waals surface area (Å²) >= 11 is 0. The maximum atomic E-state index is 6.19. The highest BCUT2D eigenvalue weighted by Gasteiger charge is 2.24. The molecule has 0 saturated carbocycles. The monoisotopic (exact) mass is 263 g/mol. The lowest BCUT2D eigenvalue weighted by Gasteiger charge is -2.35. The number of nitrogens with two attached hydrogens (primary N) is 1. The van der Waals surface area contributed by atoms with Crippen LogP contribution in [0.5, 0.6) is 0 Å². The number of hydrogen-bond donors (Lipinski definition) is 1. The second kappa shape index (κ2) is 6.98. The number of rotatable bonds is 5. The van der Waals surface area contributed by atoms with Gasteiger partial charge in [0.1, 0.15) is 0 Å². The maximum Gasteiger partial charge on any atom is 0.0494 e. The third-order valence-electron chi connectivity index (χ3n) is 3.91. The van der Waals surface area contributed by atoms with Gasteiger partial charge >= 0.3 is 0 Å². The molecule has 2 unspecified atom stereocenters. The molecule has 1 fully saturated rings. The maximum absolute atomic E-state index is 6.19. The zero-order valence-electron chi connectivity index (χ0n) is 12.0. The Morgan fingerprint density at radius 1 is 1.37 bits per heavy atom. The molecule has 2 N–H and O–H groups in total. The van der Waals surface area contributed by atoms with Crippen LogP contribution in [0.15, 0.2) is 24.5 Å². The molecule has 0 spiro atoms. The summed E-state index contributed by atoms with van der Waals surface area (Å²) in [6.45, 7) is 4.96. The lowest BCUT2D eigenvalue weighted by Crippen LogP contribution is -2.40. The van der Waals surface area contributed by atoms with Crippen molar-refractivity contribution in [3.63, 3.8) is 0 Å². The lowest BCUT2D eigenvalue weighted by molar-refractivity contribution is 0.0487. The van der Waals surface area contributed by atoms with Gasteiger partial charge in [-0.15, -0.1) is 0 Å². The van der Waals surface area contributed by atoms with Crippen molar-refractivity contribution in [2.24, 2.45) is 11.7 Å². The fourth-order valence-corrected chi connectivity index (χ4v) is 2.97. The van der Waals surface area contributed by atoms with Gasteiger partial charge in [0.25, 0.3) is 0 Å². The van der Waals surface area contributed by atoms with Gasteiger partial charge in [-0.05, 0) is 50.4 Å². The minimum atomic E-state index is 0.104. The molecular formula is C15H25N3O. The molecule has 2 atom stereocenters. The molecular weight excluding hydrogens is 238 g/mol. The summed E-state index contributed by atoms with van der Waals surface area (Å²) in [5, 5.41) is 0. The largest absolute Gasteiger partial charge is 0.381 e. The predicted molar refractivity (Wildman–Crippen MR) is 76.8 cm³/mol. The quantitative estimate of drug-likeness (QED) is 0.880. The van der Waals surface area contributed by atoms with E-state index in [2.05, 4.69) is 36.0 Å². The van der Waals surface area contributed by atoms with E-state index in [1.54, 1.807) is 0 Å². The van der Waals surface area contributed by atoms with E-state index in [9.17, 15) is 0 Å². The fraction of sp³-hybridized carbons (Fsp3) is 0.667. The van der Waals surface area contributed by atoms with Crippen molar-refractivity contribution in [1.29, 1.82) is 0 Å². The highest BCUT2D eigenvalue weighted by atomic mass is 16.5. The van der Waals surface area contributed by atoms with Crippen molar-refractivity contribution in [3.05, 3.63) is 30.1 Å². The first kappa shape index (κ1) is 14.4. The molecule has 2 rings (SSSR count). The van der Waals surface area contributed by atoms with E-state index in [0.29, 0.717) is 0 Å². The van der Waals surface area contributed by atoms with E-state index >= 15 is 0 Å². The van der Waals surface area contributed by atoms with Crippen molar-refractivity contribution < 1.29 is 4.74 Å². The number of likely N-dealkylation sites (N-methyl/N-ethyl adjacent to an activating group) is 1. The lowest BCUT2D eigenvalue weighted by atomic mass is 9.96. The van der Waals surface area contributed by atoms with Gasteiger partial charge in [0.2, 0.25) is 0 Å². The molecule has 0 aliphatic carbocycles. The second-order valence-corrected chi connectivity index (χ2v) is 5.58. The third-order valence-corrected chi connectivity index (χ3v) is 3.91. The van der Waals surface area contributed by atoms with Crippen LogP contribution >= 0.6 is 0 Å². The molecule has 1 aliphatic heterocycles. The molecule has 106 valence electrons. The minimum absolute atomic E-state index is 0.104. The zero-order valence-corrected chi connectivity index (χ0v) is 12.0. The number of ether oxygens (including phenoxy) is 1. The average molecular weight is 263 g/mol. The Labute approximate surface area is 116 Å². The molecule has 4 heteroatoms. The summed E-state index contributed by atoms with van der Waals surface area (Å²) in [6, 6.07) is 4.49. The molecule has 1 saturated heterocycles. The van der Waals surface area contributed by atoms with E-state index in [1.165, 1.54) is 5.56 Å². The van der Waals surface area contributed by atoms with Gasteiger partial charge in [-0.2, -0.15) is 0 Å². The first-order chi connectivity index (χ1) is 9.18.